The number of hydrogen-bond donors (Lipinski definition) is 2. The molecule has 0 fully saturated rings. The maximum atomic E-state index is 11.7. The zero-order valence-electron chi connectivity index (χ0n) is 13.1. The fourth-order valence-electron chi connectivity index (χ4n) is 1.56. The molecular weight excluding hydrogens is 288 g/mol. The molecule has 1 atom stereocenters. The van der Waals surface area contributed by atoms with Crippen LogP contribution in [0.15, 0.2) is 18.2 Å². The van der Waals surface area contributed by atoms with Crippen LogP contribution in [0.2, 0.25) is 0 Å². The van der Waals surface area contributed by atoms with Gasteiger partial charge in [0.15, 0.2) is 12.7 Å². The van der Waals surface area contributed by atoms with Crippen molar-refractivity contribution < 1.29 is 23.9 Å². The first-order valence-electron chi connectivity index (χ1n) is 6.75. The van der Waals surface area contributed by atoms with Gasteiger partial charge in [0.1, 0.15) is 5.75 Å². The highest BCUT2D eigenvalue weighted by Gasteiger charge is 2.19. The van der Waals surface area contributed by atoms with E-state index in [1.807, 2.05) is 37.4 Å². The molecule has 0 aliphatic rings. The van der Waals surface area contributed by atoms with E-state index in [1.165, 1.54) is 14.0 Å². The minimum absolute atomic E-state index is 0.318. The Kier molecular flexibility index (Phi) is 6.37. The monoisotopic (exact) mass is 308 g/mol. The van der Waals surface area contributed by atoms with Crippen LogP contribution in [0.4, 0.5) is 4.79 Å². The predicted molar refractivity (Wildman–Crippen MR) is 79.6 cm³/mol. The first-order valence-corrected chi connectivity index (χ1v) is 6.75. The fourth-order valence-corrected chi connectivity index (χ4v) is 1.56. The Morgan fingerprint density at radius 3 is 2.55 bits per heavy atom. The van der Waals surface area contributed by atoms with E-state index in [0.29, 0.717) is 5.75 Å². The highest BCUT2D eigenvalue weighted by Crippen LogP contribution is 2.18. The molecule has 0 heterocycles. The molecule has 0 saturated carbocycles. The quantitative estimate of drug-likeness (QED) is 0.794. The summed E-state index contributed by atoms with van der Waals surface area (Å²) in [6.45, 7) is 4.82. The number of nitrogens with one attached hydrogen (secondary N) is 2. The Bertz CT molecular complexity index is 571. The normalized spacial score (nSPS) is 11.3. The largest absolute Gasteiger partial charge is 0.482 e. The average Bonchev–Trinajstić information content (AvgIpc) is 2.47. The molecule has 0 radical (unpaired) electrons. The van der Waals surface area contributed by atoms with Gasteiger partial charge in [0, 0.05) is 7.05 Å². The van der Waals surface area contributed by atoms with Gasteiger partial charge in [-0.15, -0.1) is 0 Å². The maximum absolute atomic E-state index is 11.7. The fraction of sp³-hybridized carbons (Fsp3) is 0.400. The number of aryl methyl sites for hydroxylation is 2. The van der Waals surface area contributed by atoms with Crippen LogP contribution in [-0.4, -0.2) is 37.7 Å². The molecular formula is C15H20N2O5. The third-order valence-corrected chi connectivity index (χ3v) is 2.83. The Balaban J connectivity index is 2.47. The van der Waals surface area contributed by atoms with Crippen molar-refractivity contribution >= 4 is 17.9 Å². The lowest BCUT2D eigenvalue weighted by molar-refractivity contribution is -0.156. The number of carbonyl (C=O) groups is 3. The first-order chi connectivity index (χ1) is 10.3. The van der Waals surface area contributed by atoms with E-state index in [1.54, 1.807) is 0 Å². The number of amides is 3. The van der Waals surface area contributed by atoms with Gasteiger partial charge in [0.2, 0.25) is 0 Å². The summed E-state index contributed by atoms with van der Waals surface area (Å²) < 4.78 is 10.3. The molecule has 1 aromatic rings. The van der Waals surface area contributed by atoms with Crippen molar-refractivity contribution in [3.05, 3.63) is 29.3 Å². The third-order valence-electron chi connectivity index (χ3n) is 2.83. The van der Waals surface area contributed by atoms with Crippen molar-refractivity contribution in [3.8, 4) is 5.75 Å². The molecule has 1 rings (SSSR count). The molecule has 7 nitrogen and oxygen atoms in total. The highest BCUT2D eigenvalue weighted by molar-refractivity contribution is 5.97. The summed E-state index contributed by atoms with van der Waals surface area (Å²) in [6.07, 6.45) is -1.09. The van der Waals surface area contributed by atoms with Crippen LogP contribution in [0.5, 0.6) is 5.75 Å². The molecule has 2 N–H and O–H groups in total. The maximum Gasteiger partial charge on any atom is 0.344 e. The molecule has 3 amide bonds. The van der Waals surface area contributed by atoms with Crippen LogP contribution < -0.4 is 15.4 Å². The number of imide groups is 1. The number of ether oxygens (including phenoxy) is 2. The summed E-state index contributed by atoms with van der Waals surface area (Å²) in [5.74, 6) is -0.820. The van der Waals surface area contributed by atoms with Gasteiger partial charge in [-0.25, -0.2) is 9.59 Å². The molecule has 0 aliphatic carbocycles. The smallest absolute Gasteiger partial charge is 0.344 e. The van der Waals surface area contributed by atoms with Crippen molar-refractivity contribution in [3.63, 3.8) is 0 Å². The summed E-state index contributed by atoms with van der Waals surface area (Å²) >= 11 is 0. The molecule has 0 saturated heterocycles. The number of carbonyl (C=O) groups excluding carboxylic acids is 3. The Hall–Kier alpha value is -2.57. The molecule has 22 heavy (non-hydrogen) atoms. The van der Waals surface area contributed by atoms with Crippen LogP contribution >= 0.6 is 0 Å². The average molecular weight is 308 g/mol. The van der Waals surface area contributed by atoms with Gasteiger partial charge in [0.25, 0.3) is 5.91 Å². The lowest BCUT2D eigenvalue weighted by Gasteiger charge is -2.14. The highest BCUT2D eigenvalue weighted by atomic mass is 16.6. The lowest BCUT2D eigenvalue weighted by atomic mass is 10.1. The number of esters is 1. The first kappa shape index (κ1) is 17.5. The second-order valence-corrected chi connectivity index (χ2v) is 4.76. The molecule has 0 aromatic heterocycles. The van der Waals surface area contributed by atoms with E-state index in [0.717, 1.165) is 11.1 Å². The minimum Gasteiger partial charge on any atom is -0.482 e. The summed E-state index contributed by atoms with van der Waals surface area (Å²) in [5, 5.41) is 4.24. The van der Waals surface area contributed by atoms with Crippen molar-refractivity contribution in [2.75, 3.05) is 13.7 Å². The summed E-state index contributed by atoms with van der Waals surface area (Å²) in [6, 6.07) is 4.96. The number of hydrogen-bond acceptors (Lipinski definition) is 5. The van der Waals surface area contributed by atoms with E-state index in [9.17, 15) is 14.4 Å². The molecule has 1 aromatic carbocycles. The van der Waals surface area contributed by atoms with E-state index >= 15 is 0 Å². The van der Waals surface area contributed by atoms with E-state index in [2.05, 4.69) is 5.32 Å². The summed E-state index contributed by atoms with van der Waals surface area (Å²) in [5.41, 5.74) is 1.90. The standard InChI is InChI=1S/C15H20N2O5/c1-9-5-6-10(2)12(7-9)21-8-13(18)22-11(3)14(19)17-15(20)16-4/h5-7,11H,8H2,1-4H3,(H2,16,17,19,20)/t11-/m0/s1. The lowest BCUT2D eigenvalue weighted by Crippen LogP contribution is -2.43. The zero-order valence-corrected chi connectivity index (χ0v) is 13.1. The summed E-state index contributed by atoms with van der Waals surface area (Å²) in [7, 11) is 1.37. The van der Waals surface area contributed by atoms with Crippen molar-refractivity contribution in [2.45, 2.75) is 26.9 Å². The van der Waals surface area contributed by atoms with Crippen LogP contribution in [-0.2, 0) is 14.3 Å². The molecule has 0 unspecified atom stereocenters. The molecule has 7 heteroatoms. The number of rotatable bonds is 5. The molecule has 0 spiro atoms. The van der Waals surface area contributed by atoms with Crippen LogP contribution in [0.25, 0.3) is 0 Å². The van der Waals surface area contributed by atoms with Gasteiger partial charge >= 0.3 is 12.0 Å². The van der Waals surface area contributed by atoms with Gasteiger partial charge in [0.05, 0.1) is 0 Å². The number of urea groups is 1. The summed E-state index contributed by atoms with van der Waals surface area (Å²) in [4.78, 5) is 34.2. The van der Waals surface area contributed by atoms with E-state index in [-0.39, 0.29) is 6.61 Å². The SMILES string of the molecule is CNC(=O)NC(=O)[C@H](C)OC(=O)COc1cc(C)ccc1C. The predicted octanol–water partition coefficient (Wildman–Crippen LogP) is 1.07. The second kappa shape index (κ2) is 8.02. The van der Waals surface area contributed by atoms with Crippen LogP contribution in [0.1, 0.15) is 18.1 Å². The van der Waals surface area contributed by atoms with Gasteiger partial charge in [-0.3, -0.25) is 10.1 Å². The Labute approximate surface area is 129 Å². The molecule has 0 aliphatic heterocycles. The Morgan fingerprint density at radius 1 is 1.23 bits per heavy atom. The topological polar surface area (TPSA) is 93.7 Å². The molecule has 0 bridgehead atoms. The third kappa shape index (κ3) is 5.43. The Morgan fingerprint density at radius 2 is 1.91 bits per heavy atom. The van der Waals surface area contributed by atoms with Crippen molar-refractivity contribution in [1.82, 2.24) is 10.6 Å². The van der Waals surface area contributed by atoms with E-state index in [4.69, 9.17) is 9.47 Å². The van der Waals surface area contributed by atoms with Crippen LogP contribution in [0, 0.1) is 13.8 Å². The van der Waals surface area contributed by atoms with Crippen molar-refractivity contribution in [1.29, 1.82) is 0 Å². The number of benzene rings is 1. The second-order valence-electron chi connectivity index (χ2n) is 4.76. The van der Waals surface area contributed by atoms with E-state index < -0.39 is 24.0 Å². The molecule has 120 valence electrons. The van der Waals surface area contributed by atoms with Crippen molar-refractivity contribution in [2.24, 2.45) is 0 Å². The van der Waals surface area contributed by atoms with Gasteiger partial charge in [-0.2, -0.15) is 0 Å². The van der Waals surface area contributed by atoms with Gasteiger partial charge in [-0.05, 0) is 38.0 Å². The van der Waals surface area contributed by atoms with Gasteiger partial charge < -0.3 is 14.8 Å². The minimum atomic E-state index is -1.09. The van der Waals surface area contributed by atoms with Crippen LogP contribution in [0.3, 0.4) is 0 Å². The zero-order chi connectivity index (χ0) is 16.7. The van der Waals surface area contributed by atoms with Gasteiger partial charge in [-0.1, -0.05) is 12.1 Å².